The summed E-state index contributed by atoms with van der Waals surface area (Å²) in [7, 11) is 0. The lowest BCUT2D eigenvalue weighted by Gasteiger charge is -2.61. The van der Waals surface area contributed by atoms with Gasteiger partial charge in [-0.2, -0.15) is 0 Å². The number of rotatable bonds is 18. The summed E-state index contributed by atoms with van der Waals surface area (Å²) >= 11 is 0. The quantitative estimate of drug-likeness (QED) is 0.127. The van der Waals surface area contributed by atoms with Gasteiger partial charge in [0.2, 0.25) is 0 Å². The maximum atomic E-state index is 5.55. The Morgan fingerprint density at radius 2 is 1.37 bits per heavy atom. The summed E-state index contributed by atoms with van der Waals surface area (Å²) in [6.45, 7) is 19.4. The van der Waals surface area contributed by atoms with E-state index in [1.165, 1.54) is 90.0 Å². The fourth-order valence-electron chi connectivity index (χ4n) is 11.0. The van der Waals surface area contributed by atoms with Crippen LogP contribution < -0.4 is 21.7 Å². The van der Waals surface area contributed by atoms with Crippen molar-refractivity contribution < 1.29 is 0 Å². The van der Waals surface area contributed by atoms with Crippen molar-refractivity contribution in [3.05, 3.63) is 0 Å². The van der Waals surface area contributed by atoms with Crippen LogP contribution in [0.3, 0.4) is 0 Å². The third-order valence-corrected chi connectivity index (χ3v) is 13.3. The minimum atomic E-state index is 0.615. The van der Waals surface area contributed by atoms with E-state index in [0.717, 1.165) is 86.6 Å². The van der Waals surface area contributed by atoms with Gasteiger partial charge in [0.1, 0.15) is 0 Å². The molecule has 0 aromatic heterocycles. The van der Waals surface area contributed by atoms with Crippen molar-refractivity contribution >= 4 is 0 Å². The van der Waals surface area contributed by atoms with Crippen LogP contribution in [-0.4, -0.2) is 45.3 Å². The molecular formula is C37H72N4. The molecule has 0 radical (unpaired) electrons. The first-order valence-electron chi connectivity index (χ1n) is 18.6. The van der Waals surface area contributed by atoms with Crippen LogP contribution in [0.2, 0.25) is 0 Å². The Morgan fingerprint density at radius 1 is 0.683 bits per heavy atom. The maximum Gasteiger partial charge on any atom is 0.00701 e. The van der Waals surface area contributed by atoms with E-state index in [-0.39, 0.29) is 0 Å². The van der Waals surface area contributed by atoms with Crippen LogP contribution in [0.5, 0.6) is 0 Å². The van der Waals surface area contributed by atoms with E-state index in [0.29, 0.717) is 10.8 Å². The van der Waals surface area contributed by atoms with Crippen molar-refractivity contribution in [1.29, 1.82) is 0 Å². The first kappa shape index (κ1) is 33.7. The highest BCUT2D eigenvalue weighted by molar-refractivity contribution is 5.10. The molecular weight excluding hydrogens is 500 g/mol. The summed E-state index contributed by atoms with van der Waals surface area (Å²) in [6, 6.07) is 0.764. The zero-order valence-corrected chi connectivity index (χ0v) is 28.3. The monoisotopic (exact) mass is 573 g/mol. The highest BCUT2D eigenvalue weighted by atomic mass is 14.9. The van der Waals surface area contributed by atoms with E-state index in [4.69, 9.17) is 5.73 Å². The molecule has 4 unspecified atom stereocenters. The molecule has 4 fully saturated rings. The van der Waals surface area contributed by atoms with Crippen LogP contribution in [0.4, 0.5) is 0 Å². The molecule has 0 heterocycles. The largest absolute Gasteiger partial charge is 0.330 e. The third-order valence-electron chi connectivity index (χ3n) is 13.3. The molecule has 4 aliphatic carbocycles. The summed E-state index contributed by atoms with van der Waals surface area (Å²) in [5.41, 5.74) is 6.80. The van der Waals surface area contributed by atoms with Crippen molar-refractivity contribution in [2.75, 3.05) is 39.3 Å². The van der Waals surface area contributed by atoms with Crippen LogP contribution >= 0.6 is 0 Å². The fraction of sp³-hybridized carbons (Fsp3) is 1.00. The minimum absolute atomic E-state index is 0.615. The van der Waals surface area contributed by atoms with Crippen LogP contribution in [0.25, 0.3) is 0 Å². The molecule has 41 heavy (non-hydrogen) atoms. The normalized spacial score (nSPS) is 37.5. The van der Waals surface area contributed by atoms with Gasteiger partial charge in [0, 0.05) is 6.04 Å². The van der Waals surface area contributed by atoms with Gasteiger partial charge in [-0.05, 0) is 175 Å². The Morgan fingerprint density at radius 3 is 2.10 bits per heavy atom. The standard InChI is InChI=1S/C37H72N4/c1-28(2)11-8-12-29(3)33-15-16-34-32-14-13-30-27-31(17-19-36(30,4)35(32)18-20-37(33,34)5)41-26-10-25-40-23-7-6-22-39-24-9-21-38/h28-35,39-41H,6-27,38H2,1-5H3/t29-,30+,31+,32?,33?,34?,35?,36+,37-/m1/s1. The van der Waals surface area contributed by atoms with Crippen LogP contribution in [0, 0.1) is 52.3 Å². The highest BCUT2D eigenvalue weighted by Gasteiger charge is 2.60. The smallest absolute Gasteiger partial charge is 0.00701 e. The lowest BCUT2D eigenvalue weighted by atomic mass is 9.44. The van der Waals surface area contributed by atoms with E-state index >= 15 is 0 Å². The predicted octanol–water partition coefficient (Wildman–Crippen LogP) is 7.76. The Bertz CT molecular complexity index is 740. The molecule has 9 atom stereocenters. The van der Waals surface area contributed by atoms with Gasteiger partial charge in [-0.1, -0.05) is 53.9 Å². The zero-order valence-electron chi connectivity index (χ0n) is 28.3. The summed E-state index contributed by atoms with van der Waals surface area (Å²) in [6.07, 6.45) is 22.7. The molecule has 0 aliphatic heterocycles. The first-order valence-corrected chi connectivity index (χ1v) is 18.6. The van der Waals surface area contributed by atoms with Gasteiger partial charge >= 0.3 is 0 Å². The number of hydrogen-bond acceptors (Lipinski definition) is 4. The molecule has 0 saturated heterocycles. The second kappa shape index (κ2) is 16.2. The van der Waals surface area contributed by atoms with E-state index in [2.05, 4.69) is 50.6 Å². The molecule has 0 aromatic rings. The molecule has 240 valence electrons. The van der Waals surface area contributed by atoms with Gasteiger partial charge in [0.25, 0.3) is 0 Å². The SMILES string of the molecule is CC(C)CCC[C@@H](C)C1CCC2C3CC[C@H]4C[C@@H](NCCCNCCCCNCCCN)CC[C@]4(C)C3CC[C@@]21C. The second-order valence-corrected chi connectivity index (χ2v) is 16.3. The van der Waals surface area contributed by atoms with Crippen molar-refractivity contribution in [2.24, 2.45) is 58.0 Å². The molecule has 4 heteroatoms. The number of fused-ring (bicyclic) bond motifs is 5. The number of unbranched alkanes of at least 4 members (excludes halogenated alkanes) is 1. The molecule has 4 saturated carbocycles. The predicted molar refractivity (Wildman–Crippen MR) is 178 cm³/mol. The van der Waals surface area contributed by atoms with E-state index < -0.39 is 0 Å². The third kappa shape index (κ3) is 8.52. The summed E-state index contributed by atoms with van der Waals surface area (Å²) in [4.78, 5) is 0. The van der Waals surface area contributed by atoms with Gasteiger partial charge in [-0.15, -0.1) is 0 Å². The molecule has 4 nitrogen and oxygen atoms in total. The van der Waals surface area contributed by atoms with E-state index in [1.807, 2.05) is 0 Å². The van der Waals surface area contributed by atoms with E-state index in [1.54, 1.807) is 12.8 Å². The highest BCUT2D eigenvalue weighted by Crippen LogP contribution is 2.68. The Balaban J connectivity index is 1.16. The zero-order chi connectivity index (χ0) is 29.3. The van der Waals surface area contributed by atoms with Gasteiger partial charge < -0.3 is 21.7 Å². The molecule has 4 rings (SSSR count). The Kier molecular flexibility index (Phi) is 13.4. The molecule has 0 amide bonds. The molecule has 5 N–H and O–H groups in total. The average Bonchev–Trinajstić information content (AvgIpc) is 3.30. The molecule has 4 aliphatic rings. The van der Waals surface area contributed by atoms with Gasteiger partial charge in [-0.25, -0.2) is 0 Å². The van der Waals surface area contributed by atoms with E-state index in [9.17, 15) is 0 Å². The topological polar surface area (TPSA) is 62.1 Å². The number of nitrogens with one attached hydrogen (secondary N) is 3. The van der Waals surface area contributed by atoms with Gasteiger partial charge in [0.05, 0.1) is 0 Å². The first-order chi connectivity index (χ1) is 19.8. The minimum Gasteiger partial charge on any atom is -0.330 e. The molecule has 0 aromatic carbocycles. The van der Waals surface area contributed by atoms with Crippen LogP contribution in [-0.2, 0) is 0 Å². The van der Waals surface area contributed by atoms with Crippen molar-refractivity contribution in [2.45, 2.75) is 143 Å². The Labute approximate surface area is 256 Å². The van der Waals surface area contributed by atoms with Crippen LogP contribution in [0.15, 0.2) is 0 Å². The average molecular weight is 573 g/mol. The van der Waals surface area contributed by atoms with Crippen molar-refractivity contribution in [1.82, 2.24) is 16.0 Å². The van der Waals surface area contributed by atoms with Crippen LogP contribution in [0.1, 0.15) is 137 Å². The van der Waals surface area contributed by atoms with Crippen molar-refractivity contribution in [3.8, 4) is 0 Å². The van der Waals surface area contributed by atoms with Gasteiger partial charge in [0.15, 0.2) is 0 Å². The summed E-state index contributed by atoms with van der Waals surface area (Å²) in [5.74, 6) is 6.80. The lowest BCUT2D eigenvalue weighted by Crippen LogP contribution is -2.55. The second-order valence-electron chi connectivity index (χ2n) is 16.3. The van der Waals surface area contributed by atoms with Gasteiger partial charge in [-0.3, -0.25) is 0 Å². The summed E-state index contributed by atoms with van der Waals surface area (Å²) in [5, 5.41) is 11.1. The molecule has 0 spiro atoms. The lowest BCUT2D eigenvalue weighted by molar-refractivity contribution is -0.118. The fourth-order valence-corrected chi connectivity index (χ4v) is 11.0. The van der Waals surface area contributed by atoms with Crippen molar-refractivity contribution in [3.63, 3.8) is 0 Å². The molecule has 0 bridgehead atoms. The Hall–Kier alpha value is -0.160. The number of hydrogen-bond donors (Lipinski definition) is 4. The maximum absolute atomic E-state index is 5.55. The number of nitrogens with two attached hydrogens (primary N) is 1. The summed E-state index contributed by atoms with van der Waals surface area (Å²) < 4.78 is 0.